The van der Waals surface area contributed by atoms with Gasteiger partial charge in [0.2, 0.25) is 0 Å². The molecule has 2 N–H and O–H groups in total. The summed E-state index contributed by atoms with van der Waals surface area (Å²) in [5, 5.41) is 7.32. The molecule has 2 aromatic carbocycles. The molecule has 0 aromatic heterocycles. The molecule has 3 rings (SSSR count). The van der Waals surface area contributed by atoms with Crippen molar-refractivity contribution < 1.29 is 14.2 Å². The minimum Gasteiger partial charge on any atom is -0.495 e. The number of benzene rings is 2. The van der Waals surface area contributed by atoms with Gasteiger partial charge in [-0.25, -0.2) is 0 Å². The van der Waals surface area contributed by atoms with Gasteiger partial charge in [0.15, 0.2) is 16.6 Å². The highest BCUT2D eigenvalue weighted by atomic mass is 35.5. The van der Waals surface area contributed by atoms with Crippen LogP contribution in [-0.2, 0) is 0 Å². The van der Waals surface area contributed by atoms with E-state index in [0.717, 1.165) is 22.7 Å². The number of aryl methyl sites for hydroxylation is 1. The number of ether oxygens (including phenoxy) is 3. The van der Waals surface area contributed by atoms with E-state index in [0.29, 0.717) is 34.8 Å². The van der Waals surface area contributed by atoms with Crippen molar-refractivity contribution in [3.63, 3.8) is 0 Å². The van der Waals surface area contributed by atoms with Crippen molar-refractivity contribution in [2.24, 2.45) is 0 Å². The van der Waals surface area contributed by atoms with E-state index in [1.165, 1.54) is 0 Å². The lowest BCUT2D eigenvalue weighted by molar-refractivity contribution is 0.171. The van der Waals surface area contributed by atoms with Crippen LogP contribution in [0.5, 0.6) is 17.2 Å². The zero-order valence-electron chi connectivity index (χ0n) is 13.3. The van der Waals surface area contributed by atoms with Crippen LogP contribution < -0.4 is 24.8 Å². The summed E-state index contributed by atoms with van der Waals surface area (Å²) in [6.07, 6.45) is 0. The third kappa shape index (κ3) is 3.66. The average Bonchev–Trinajstić information content (AvgIpc) is 2.57. The molecule has 0 fully saturated rings. The molecule has 0 amide bonds. The summed E-state index contributed by atoms with van der Waals surface area (Å²) in [5.41, 5.74) is 2.48. The molecule has 0 aliphatic carbocycles. The second-order valence-electron chi connectivity index (χ2n) is 5.24. The molecule has 7 heteroatoms. The number of thiocarbonyl (C=S) groups is 1. The maximum Gasteiger partial charge on any atom is 0.175 e. The van der Waals surface area contributed by atoms with E-state index in [2.05, 4.69) is 10.6 Å². The molecule has 1 aliphatic rings. The molecule has 0 radical (unpaired) electrons. The van der Waals surface area contributed by atoms with Crippen molar-refractivity contribution in [2.45, 2.75) is 6.92 Å². The Bertz CT molecular complexity index is 783. The fourth-order valence-corrected chi connectivity index (χ4v) is 2.72. The van der Waals surface area contributed by atoms with Gasteiger partial charge in [-0.1, -0.05) is 11.6 Å². The Morgan fingerprint density at radius 1 is 1.12 bits per heavy atom. The van der Waals surface area contributed by atoms with Gasteiger partial charge in [0.05, 0.1) is 12.8 Å². The standard InChI is InChI=1S/C17H17ClN2O3S/c1-10-7-13(15(21-2)9-12(10)18)20-17(24)19-11-3-4-14-16(8-11)23-6-5-22-14/h3-4,7-9H,5-6H2,1-2H3,(H2,19,20,24). The molecule has 24 heavy (non-hydrogen) atoms. The van der Waals surface area contributed by atoms with Gasteiger partial charge in [-0.15, -0.1) is 0 Å². The van der Waals surface area contributed by atoms with E-state index in [1.54, 1.807) is 13.2 Å². The van der Waals surface area contributed by atoms with Gasteiger partial charge in [-0.05, 0) is 42.9 Å². The van der Waals surface area contributed by atoms with E-state index in [4.69, 9.17) is 38.0 Å². The summed E-state index contributed by atoms with van der Waals surface area (Å²) in [5.74, 6) is 2.06. The summed E-state index contributed by atoms with van der Waals surface area (Å²) in [7, 11) is 1.59. The van der Waals surface area contributed by atoms with Gasteiger partial charge in [-0.3, -0.25) is 0 Å². The number of hydrogen-bond acceptors (Lipinski definition) is 4. The molecule has 0 saturated carbocycles. The van der Waals surface area contributed by atoms with Crippen molar-refractivity contribution >= 4 is 40.3 Å². The molecule has 1 aliphatic heterocycles. The molecule has 0 saturated heterocycles. The lowest BCUT2D eigenvalue weighted by Crippen LogP contribution is -2.20. The Labute approximate surface area is 150 Å². The smallest absolute Gasteiger partial charge is 0.175 e. The number of methoxy groups -OCH3 is 1. The molecule has 5 nitrogen and oxygen atoms in total. The molecular weight excluding hydrogens is 348 g/mol. The van der Waals surface area contributed by atoms with Gasteiger partial charge in [0.1, 0.15) is 19.0 Å². The van der Waals surface area contributed by atoms with E-state index < -0.39 is 0 Å². The fourth-order valence-electron chi connectivity index (χ4n) is 2.34. The second-order valence-corrected chi connectivity index (χ2v) is 6.05. The maximum atomic E-state index is 6.12. The van der Waals surface area contributed by atoms with Gasteiger partial charge in [0.25, 0.3) is 0 Å². The largest absolute Gasteiger partial charge is 0.495 e. The molecule has 126 valence electrons. The Hall–Kier alpha value is -2.18. The topological polar surface area (TPSA) is 51.8 Å². The van der Waals surface area contributed by atoms with Crippen molar-refractivity contribution in [1.82, 2.24) is 0 Å². The minimum atomic E-state index is 0.437. The first-order chi connectivity index (χ1) is 11.6. The zero-order valence-corrected chi connectivity index (χ0v) is 14.9. The van der Waals surface area contributed by atoms with E-state index >= 15 is 0 Å². The van der Waals surface area contributed by atoms with Gasteiger partial charge in [-0.2, -0.15) is 0 Å². The van der Waals surface area contributed by atoms with Crippen LogP contribution in [0.3, 0.4) is 0 Å². The highest BCUT2D eigenvalue weighted by molar-refractivity contribution is 7.80. The predicted octanol–water partition coefficient (Wildman–Crippen LogP) is 4.24. The van der Waals surface area contributed by atoms with Crippen LogP contribution in [0.2, 0.25) is 5.02 Å². The van der Waals surface area contributed by atoms with Crippen LogP contribution >= 0.6 is 23.8 Å². The quantitative estimate of drug-likeness (QED) is 0.794. The molecule has 0 unspecified atom stereocenters. The highest BCUT2D eigenvalue weighted by Gasteiger charge is 2.13. The SMILES string of the molecule is COc1cc(Cl)c(C)cc1NC(=S)Nc1ccc2c(c1)OCCO2. The fraction of sp³-hybridized carbons (Fsp3) is 0.235. The monoisotopic (exact) mass is 364 g/mol. The number of nitrogens with one attached hydrogen (secondary N) is 2. The van der Waals surface area contributed by atoms with Crippen LogP contribution in [0, 0.1) is 6.92 Å². The minimum absolute atomic E-state index is 0.437. The summed E-state index contributed by atoms with van der Waals surface area (Å²) in [6.45, 7) is 3.03. The zero-order chi connectivity index (χ0) is 17.1. The molecule has 0 bridgehead atoms. The lowest BCUT2D eigenvalue weighted by Gasteiger charge is -2.19. The summed E-state index contributed by atoms with van der Waals surface area (Å²) < 4.78 is 16.4. The Morgan fingerprint density at radius 2 is 1.88 bits per heavy atom. The van der Waals surface area contributed by atoms with Crippen molar-refractivity contribution in [3.8, 4) is 17.2 Å². The molecule has 2 aromatic rings. The van der Waals surface area contributed by atoms with Crippen molar-refractivity contribution in [2.75, 3.05) is 31.0 Å². The van der Waals surface area contributed by atoms with Crippen LogP contribution in [0.15, 0.2) is 30.3 Å². The van der Waals surface area contributed by atoms with Crippen LogP contribution in [0.4, 0.5) is 11.4 Å². The first kappa shape index (κ1) is 16.7. The number of hydrogen-bond donors (Lipinski definition) is 2. The van der Waals surface area contributed by atoms with Crippen LogP contribution in [0.1, 0.15) is 5.56 Å². The Balaban J connectivity index is 1.73. The van der Waals surface area contributed by atoms with Gasteiger partial charge in [0, 0.05) is 22.8 Å². The van der Waals surface area contributed by atoms with Crippen LogP contribution in [-0.4, -0.2) is 25.4 Å². The van der Waals surface area contributed by atoms with Crippen molar-refractivity contribution in [1.29, 1.82) is 0 Å². The van der Waals surface area contributed by atoms with Crippen molar-refractivity contribution in [3.05, 3.63) is 40.9 Å². The predicted molar refractivity (Wildman–Crippen MR) is 100 cm³/mol. The van der Waals surface area contributed by atoms with E-state index in [9.17, 15) is 0 Å². The Kier molecular flexibility index (Phi) is 4.97. The van der Waals surface area contributed by atoms with Crippen LogP contribution in [0.25, 0.3) is 0 Å². The van der Waals surface area contributed by atoms with Gasteiger partial charge >= 0.3 is 0 Å². The van der Waals surface area contributed by atoms with Gasteiger partial charge < -0.3 is 24.8 Å². The molecule has 1 heterocycles. The first-order valence-electron chi connectivity index (χ1n) is 7.38. The third-order valence-corrected chi connectivity index (χ3v) is 4.14. The molecule has 0 atom stereocenters. The third-order valence-electron chi connectivity index (χ3n) is 3.53. The number of fused-ring (bicyclic) bond motifs is 1. The lowest BCUT2D eigenvalue weighted by atomic mass is 10.2. The van der Waals surface area contributed by atoms with E-state index in [1.807, 2.05) is 31.2 Å². The summed E-state index contributed by atoms with van der Waals surface area (Å²) in [4.78, 5) is 0. The normalized spacial score (nSPS) is 12.5. The summed E-state index contributed by atoms with van der Waals surface area (Å²) in [6, 6.07) is 9.23. The average molecular weight is 365 g/mol. The highest BCUT2D eigenvalue weighted by Crippen LogP contribution is 2.33. The van der Waals surface area contributed by atoms with E-state index in [-0.39, 0.29) is 0 Å². The number of halogens is 1. The number of anilines is 2. The Morgan fingerprint density at radius 3 is 2.62 bits per heavy atom. The molecular formula is C17H17ClN2O3S. The number of rotatable bonds is 3. The summed E-state index contributed by atoms with van der Waals surface area (Å²) >= 11 is 11.5. The maximum absolute atomic E-state index is 6.12. The first-order valence-corrected chi connectivity index (χ1v) is 8.17. The second kappa shape index (κ2) is 7.15. The molecule has 0 spiro atoms.